The highest BCUT2D eigenvalue weighted by molar-refractivity contribution is 7.88. The number of carbonyl (C=O) groups excluding carboxylic acids is 1. The Morgan fingerprint density at radius 1 is 1.07 bits per heavy atom. The lowest BCUT2D eigenvalue weighted by Gasteiger charge is -2.34. The summed E-state index contributed by atoms with van der Waals surface area (Å²) < 4.78 is 36.5. The van der Waals surface area contributed by atoms with Gasteiger partial charge in [-0.25, -0.2) is 12.7 Å². The topological polar surface area (TPSA) is 76.2 Å². The highest BCUT2D eigenvalue weighted by atomic mass is 32.2. The van der Waals surface area contributed by atoms with Crippen LogP contribution in [0.25, 0.3) is 0 Å². The van der Waals surface area contributed by atoms with Crippen molar-refractivity contribution in [3.8, 4) is 11.5 Å². The van der Waals surface area contributed by atoms with Crippen molar-refractivity contribution in [1.29, 1.82) is 0 Å². The van der Waals surface area contributed by atoms with E-state index < -0.39 is 10.0 Å². The van der Waals surface area contributed by atoms with E-state index in [1.165, 1.54) is 10.6 Å². The van der Waals surface area contributed by atoms with Crippen molar-refractivity contribution in [3.05, 3.63) is 23.8 Å². The van der Waals surface area contributed by atoms with Gasteiger partial charge in [0, 0.05) is 19.6 Å². The molecule has 0 radical (unpaired) electrons. The zero-order valence-corrected chi connectivity index (χ0v) is 16.4. The molecule has 1 aromatic carbocycles. The molecule has 1 amide bonds. The summed E-state index contributed by atoms with van der Waals surface area (Å²) in [4.78, 5) is 15.1. The summed E-state index contributed by atoms with van der Waals surface area (Å²) in [5.74, 6) is 1.29. The molecule has 7 nitrogen and oxygen atoms in total. The van der Waals surface area contributed by atoms with Crippen molar-refractivity contribution < 1.29 is 22.7 Å². The van der Waals surface area contributed by atoms with Gasteiger partial charge in [-0.15, -0.1) is 0 Å². The number of hydrogen-bond acceptors (Lipinski definition) is 5. The van der Waals surface area contributed by atoms with Crippen LogP contribution in [0.15, 0.2) is 18.2 Å². The molecule has 4 rings (SSSR count). The number of likely N-dealkylation sites (tertiary alicyclic amines) is 1. The normalized spacial score (nSPS) is 26.2. The van der Waals surface area contributed by atoms with Crippen molar-refractivity contribution in [2.45, 2.75) is 31.7 Å². The van der Waals surface area contributed by atoms with Gasteiger partial charge in [-0.3, -0.25) is 4.79 Å². The molecule has 3 heterocycles. The molecule has 2 atom stereocenters. The van der Waals surface area contributed by atoms with Gasteiger partial charge in [-0.05, 0) is 43.4 Å². The predicted octanol–water partition coefficient (Wildman–Crippen LogP) is 1.79. The van der Waals surface area contributed by atoms with Gasteiger partial charge >= 0.3 is 0 Å². The van der Waals surface area contributed by atoms with Crippen molar-refractivity contribution in [3.63, 3.8) is 0 Å². The maximum absolute atomic E-state index is 13.2. The van der Waals surface area contributed by atoms with Crippen molar-refractivity contribution in [2.75, 3.05) is 39.1 Å². The molecule has 0 bridgehead atoms. The number of amides is 1. The first-order valence-electron chi connectivity index (χ1n) is 9.58. The third-order valence-electron chi connectivity index (χ3n) is 5.69. The molecule has 2 fully saturated rings. The minimum absolute atomic E-state index is 0.0157. The molecule has 3 aliphatic heterocycles. The van der Waals surface area contributed by atoms with Crippen LogP contribution in [0.2, 0.25) is 0 Å². The Bertz CT molecular complexity index is 825. The maximum Gasteiger partial charge on any atom is 0.227 e. The zero-order valence-electron chi connectivity index (χ0n) is 15.6. The number of rotatable bonds is 3. The average Bonchev–Trinajstić information content (AvgIpc) is 3.16. The Morgan fingerprint density at radius 2 is 1.81 bits per heavy atom. The van der Waals surface area contributed by atoms with E-state index in [-0.39, 0.29) is 17.9 Å². The predicted molar refractivity (Wildman–Crippen MR) is 100 cm³/mol. The molecular formula is C19H26N2O5S. The van der Waals surface area contributed by atoms with Crippen LogP contribution < -0.4 is 9.47 Å². The first-order chi connectivity index (χ1) is 12.9. The SMILES string of the molecule is CS(=O)(=O)N1CCCC(C(=O)N2CCCC2c2ccc3c(c2)OCCO3)C1. The van der Waals surface area contributed by atoms with Crippen LogP contribution in [0, 0.1) is 5.92 Å². The van der Waals surface area contributed by atoms with E-state index >= 15 is 0 Å². The minimum atomic E-state index is -3.26. The number of ether oxygens (including phenoxy) is 2. The number of nitrogens with zero attached hydrogens (tertiary/aromatic N) is 2. The van der Waals surface area contributed by atoms with E-state index in [4.69, 9.17) is 9.47 Å². The van der Waals surface area contributed by atoms with Crippen LogP contribution in [-0.4, -0.2) is 62.6 Å². The van der Waals surface area contributed by atoms with Gasteiger partial charge < -0.3 is 14.4 Å². The molecule has 3 aliphatic rings. The lowest BCUT2D eigenvalue weighted by Crippen LogP contribution is -2.46. The molecule has 2 saturated heterocycles. The summed E-state index contributed by atoms with van der Waals surface area (Å²) in [7, 11) is -3.26. The molecule has 2 unspecified atom stereocenters. The van der Waals surface area contributed by atoms with Crippen LogP contribution in [0.5, 0.6) is 11.5 Å². The largest absolute Gasteiger partial charge is 0.486 e. The fraction of sp³-hybridized carbons (Fsp3) is 0.632. The molecule has 0 saturated carbocycles. The third kappa shape index (κ3) is 3.78. The van der Waals surface area contributed by atoms with Crippen LogP contribution >= 0.6 is 0 Å². The summed E-state index contributed by atoms with van der Waals surface area (Å²) in [6.45, 7) is 2.61. The van der Waals surface area contributed by atoms with Gasteiger partial charge in [0.05, 0.1) is 18.2 Å². The average molecular weight is 394 g/mol. The monoisotopic (exact) mass is 394 g/mol. The van der Waals surface area contributed by atoms with Gasteiger partial charge in [0.15, 0.2) is 11.5 Å². The van der Waals surface area contributed by atoms with Crippen LogP contribution in [0.4, 0.5) is 0 Å². The lowest BCUT2D eigenvalue weighted by molar-refractivity contribution is -0.137. The van der Waals surface area contributed by atoms with E-state index in [1.807, 2.05) is 23.1 Å². The summed E-state index contributed by atoms with van der Waals surface area (Å²) in [6, 6.07) is 5.92. The zero-order chi connectivity index (χ0) is 19.0. The number of sulfonamides is 1. The fourth-order valence-electron chi connectivity index (χ4n) is 4.32. The molecule has 0 spiro atoms. The first kappa shape index (κ1) is 18.6. The molecule has 0 aliphatic carbocycles. The Kier molecular flexibility index (Phi) is 5.03. The molecule has 0 aromatic heterocycles. The van der Waals surface area contributed by atoms with Gasteiger partial charge in [-0.2, -0.15) is 0 Å². The highest BCUT2D eigenvalue weighted by Crippen LogP contribution is 2.39. The minimum Gasteiger partial charge on any atom is -0.486 e. The highest BCUT2D eigenvalue weighted by Gasteiger charge is 2.37. The van der Waals surface area contributed by atoms with Crippen molar-refractivity contribution in [1.82, 2.24) is 9.21 Å². The summed E-state index contributed by atoms with van der Waals surface area (Å²) in [5, 5.41) is 0. The Morgan fingerprint density at radius 3 is 2.59 bits per heavy atom. The van der Waals surface area contributed by atoms with Crippen molar-refractivity contribution >= 4 is 15.9 Å². The molecule has 1 aromatic rings. The maximum atomic E-state index is 13.2. The molecule has 8 heteroatoms. The molecular weight excluding hydrogens is 368 g/mol. The van der Waals surface area contributed by atoms with Crippen LogP contribution in [0.3, 0.4) is 0 Å². The van der Waals surface area contributed by atoms with Crippen molar-refractivity contribution in [2.24, 2.45) is 5.92 Å². The van der Waals surface area contributed by atoms with Gasteiger partial charge in [0.1, 0.15) is 13.2 Å². The number of benzene rings is 1. The first-order valence-corrected chi connectivity index (χ1v) is 11.4. The van der Waals surface area contributed by atoms with E-state index in [0.29, 0.717) is 32.8 Å². The second-order valence-electron chi connectivity index (χ2n) is 7.55. The number of piperidine rings is 1. The standard InChI is InChI=1S/C19H26N2O5S/c1-27(23,24)20-8-2-4-15(13-20)19(22)21-9-3-5-16(21)14-6-7-17-18(12-14)26-11-10-25-17/h6-7,12,15-16H,2-5,8-11,13H2,1H3. The number of carbonyl (C=O) groups is 1. The van der Waals surface area contributed by atoms with E-state index in [0.717, 1.165) is 42.7 Å². The van der Waals surface area contributed by atoms with Crippen LogP contribution in [-0.2, 0) is 14.8 Å². The summed E-state index contributed by atoms with van der Waals surface area (Å²) in [5.41, 5.74) is 1.06. The smallest absolute Gasteiger partial charge is 0.227 e. The molecule has 27 heavy (non-hydrogen) atoms. The lowest BCUT2D eigenvalue weighted by atomic mass is 9.96. The number of fused-ring (bicyclic) bond motifs is 1. The quantitative estimate of drug-likeness (QED) is 0.781. The molecule has 0 N–H and O–H groups in total. The molecule has 148 valence electrons. The van der Waals surface area contributed by atoms with E-state index in [9.17, 15) is 13.2 Å². The van der Waals surface area contributed by atoms with Gasteiger partial charge in [0.25, 0.3) is 0 Å². The third-order valence-corrected chi connectivity index (χ3v) is 6.96. The van der Waals surface area contributed by atoms with Crippen LogP contribution in [0.1, 0.15) is 37.3 Å². The van der Waals surface area contributed by atoms with E-state index in [1.54, 1.807) is 0 Å². The fourth-order valence-corrected chi connectivity index (χ4v) is 5.24. The summed E-state index contributed by atoms with van der Waals surface area (Å²) in [6.07, 6.45) is 4.55. The van der Waals surface area contributed by atoms with Gasteiger partial charge in [0.2, 0.25) is 15.9 Å². The second kappa shape index (κ2) is 7.31. The Balaban J connectivity index is 1.52. The van der Waals surface area contributed by atoms with Gasteiger partial charge in [-0.1, -0.05) is 6.07 Å². The number of hydrogen-bond donors (Lipinski definition) is 0. The summed E-state index contributed by atoms with van der Waals surface area (Å²) >= 11 is 0. The van der Waals surface area contributed by atoms with E-state index in [2.05, 4.69) is 0 Å². The second-order valence-corrected chi connectivity index (χ2v) is 9.54. The Labute approximate surface area is 160 Å². The Hall–Kier alpha value is -1.80.